The molecule has 20 heavy (non-hydrogen) atoms. The fourth-order valence-electron chi connectivity index (χ4n) is 2.24. The predicted octanol–water partition coefficient (Wildman–Crippen LogP) is 3.29. The van der Waals surface area contributed by atoms with Gasteiger partial charge in [-0.2, -0.15) is 4.98 Å². The van der Waals surface area contributed by atoms with Gasteiger partial charge in [-0.15, -0.1) is 0 Å². The number of hydrogen-bond donors (Lipinski definition) is 1. The van der Waals surface area contributed by atoms with Gasteiger partial charge in [-0.05, 0) is 29.9 Å². The van der Waals surface area contributed by atoms with Crippen molar-refractivity contribution >= 4 is 0 Å². The molecule has 1 heterocycles. The highest BCUT2D eigenvalue weighted by atomic mass is 16.5. The van der Waals surface area contributed by atoms with Gasteiger partial charge in [0, 0.05) is 5.41 Å². The molecule has 0 spiro atoms. The molecule has 1 saturated carbocycles. The molecule has 0 saturated heterocycles. The minimum atomic E-state index is -0.325. The summed E-state index contributed by atoms with van der Waals surface area (Å²) in [4.78, 5) is 4.45. The summed E-state index contributed by atoms with van der Waals surface area (Å²) in [6.07, 6.45) is 2.57. The van der Waals surface area contributed by atoms with Crippen molar-refractivity contribution in [1.82, 2.24) is 10.1 Å². The zero-order valence-electron chi connectivity index (χ0n) is 12.3. The molecule has 1 atom stereocenters. The first-order valence-corrected chi connectivity index (χ1v) is 7.14. The van der Waals surface area contributed by atoms with Crippen LogP contribution in [0.25, 0.3) is 0 Å². The van der Waals surface area contributed by atoms with Crippen LogP contribution >= 0.6 is 0 Å². The van der Waals surface area contributed by atoms with Crippen molar-refractivity contribution in [3.8, 4) is 0 Å². The molecule has 1 aliphatic rings. The van der Waals surface area contributed by atoms with Gasteiger partial charge in [0.25, 0.3) is 0 Å². The van der Waals surface area contributed by atoms with Crippen molar-refractivity contribution in [2.45, 2.75) is 51.0 Å². The van der Waals surface area contributed by atoms with Crippen LogP contribution in [0, 0.1) is 0 Å². The molecule has 2 N–H and O–H groups in total. The predicted molar refractivity (Wildman–Crippen MR) is 77.4 cm³/mol. The normalized spacial score (nSPS) is 17.2. The second-order valence-corrected chi connectivity index (χ2v) is 6.63. The van der Waals surface area contributed by atoms with Crippen molar-refractivity contribution < 1.29 is 4.52 Å². The van der Waals surface area contributed by atoms with Crippen molar-refractivity contribution in [1.29, 1.82) is 0 Å². The molecule has 1 aromatic heterocycles. The maximum absolute atomic E-state index is 6.28. The van der Waals surface area contributed by atoms with Crippen molar-refractivity contribution in [2.24, 2.45) is 5.73 Å². The smallest absolute Gasteiger partial charge is 0.232 e. The number of nitrogens with two attached hydrogens (primary N) is 1. The summed E-state index contributed by atoms with van der Waals surface area (Å²) in [6.45, 7) is 6.14. The van der Waals surface area contributed by atoms with Crippen LogP contribution in [0.4, 0.5) is 0 Å². The summed E-state index contributed by atoms with van der Waals surface area (Å²) in [6, 6.07) is 8.12. The van der Waals surface area contributed by atoms with Crippen LogP contribution in [0.3, 0.4) is 0 Å². The van der Waals surface area contributed by atoms with Crippen LogP contribution < -0.4 is 5.73 Å². The standard InChI is InChI=1S/C16H21N3O/c1-16(2,3)15-18-14(19-20-15)13(17)12-6-4-5-11(9-12)10-7-8-10/h4-6,9-10,13H,7-8,17H2,1-3H3. The Labute approximate surface area is 119 Å². The van der Waals surface area contributed by atoms with Crippen molar-refractivity contribution in [3.05, 3.63) is 47.1 Å². The van der Waals surface area contributed by atoms with Gasteiger partial charge in [-0.25, -0.2) is 0 Å². The van der Waals surface area contributed by atoms with E-state index in [1.165, 1.54) is 18.4 Å². The Morgan fingerprint density at radius 2 is 2.05 bits per heavy atom. The molecular formula is C16H21N3O. The van der Waals surface area contributed by atoms with Crippen LogP contribution in [0.15, 0.2) is 28.8 Å². The Morgan fingerprint density at radius 3 is 2.65 bits per heavy atom. The lowest BCUT2D eigenvalue weighted by Gasteiger charge is -2.11. The maximum atomic E-state index is 6.28. The first-order chi connectivity index (χ1) is 9.45. The monoisotopic (exact) mass is 271 g/mol. The van der Waals surface area contributed by atoms with Gasteiger partial charge >= 0.3 is 0 Å². The molecule has 1 aromatic carbocycles. The van der Waals surface area contributed by atoms with Gasteiger partial charge in [-0.3, -0.25) is 0 Å². The Kier molecular flexibility index (Phi) is 3.13. The lowest BCUT2D eigenvalue weighted by atomic mass is 9.97. The first kappa shape index (κ1) is 13.3. The number of nitrogens with zero attached hydrogens (tertiary/aromatic N) is 2. The maximum Gasteiger partial charge on any atom is 0.232 e. The molecule has 2 aromatic rings. The van der Waals surface area contributed by atoms with Crippen molar-refractivity contribution in [2.75, 3.05) is 0 Å². The quantitative estimate of drug-likeness (QED) is 0.930. The van der Waals surface area contributed by atoms with E-state index in [1.807, 2.05) is 26.8 Å². The summed E-state index contributed by atoms with van der Waals surface area (Å²) in [5.41, 5.74) is 8.55. The van der Waals surface area contributed by atoms with Gasteiger partial charge in [0.05, 0.1) is 6.04 Å². The second-order valence-electron chi connectivity index (χ2n) is 6.63. The SMILES string of the molecule is CC(C)(C)c1nc(C(N)c2cccc(C3CC3)c2)no1. The van der Waals surface area contributed by atoms with Gasteiger partial charge in [-0.1, -0.05) is 50.2 Å². The number of benzene rings is 1. The lowest BCUT2D eigenvalue weighted by Crippen LogP contribution is -2.15. The highest BCUT2D eigenvalue weighted by molar-refractivity contribution is 5.33. The van der Waals surface area contributed by atoms with E-state index in [-0.39, 0.29) is 11.5 Å². The zero-order valence-corrected chi connectivity index (χ0v) is 12.3. The summed E-state index contributed by atoms with van der Waals surface area (Å²) in [5, 5.41) is 4.04. The fraction of sp³-hybridized carbons (Fsp3) is 0.500. The van der Waals surface area contributed by atoms with E-state index in [0.717, 1.165) is 11.5 Å². The summed E-state index contributed by atoms with van der Waals surface area (Å²) in [7, 11) is 0. The Morgan fingerprint density at radius 1 is 1.30 bits per heavy atom. The largest absolute Gasteiger partial charge is 0.339 e. The molecule has 1 fully saturated rings. The molecule has 1 aliphatic carbocycles. The molecule has 0 amide bonds. The van der Waals surface area contributed by atoms with Crippen LogP contribution in [0.2, 0.25) is 0 Å². The molecule has 0 aliphatic heterocycles. The van der Waals surface area contributed by atoms with Crippen molar-refractivity contribution in [3.63, 3.8) is 0 Å². The number of rotatable bonds is 3. The Hall–Kier alpha value is -1.68. The third-order valence-electron chi connectivity index (χ3n) is 3.68. The second kappa shape index (κ2) is 4.70. The third kappa shape index (κ3) is 2.61. The van der Waals surface area contributed by atoms with E-state index in [0.29, 0.717) is 11.7 Å². The van der Waals surface area contributed by atoms with E-state index in [2.05, 4.69) is 28.3 Å². The summed E-state index contributed by atoms with van der Waals surface area (Å²) in [5.74, 6) is 1.90. The molecule has 0 bridgehead atoms. The van der Waals surface area contributed by atoms with E-state index in [9.17, 15) is 0 Å². The summed E-state index contributed by atoms with van der Waals surface area (Å²) < 4.78 is 5.32. The average Bonchev–Trinajstić information content (AvgIpc) is 3.13. The highest BCUT2D eigenvalue weighted by Gasteiger charge is 2.26. The number of hydrogen-bond acceptors (Lipinski definition) is 4. The molecule has 106 valence electrons. The average molecular weight is 271 g/mol. The third-order valence-corrected chi connectivity index (χ3v) is 3.68. The minimum Gasteiger partial charge on any atom is -0.339 e. The van der Waals surface area contributed by atoms with Crippen LogP contribution in [0.1, 0.15) is 68.4 Å². The highest BCUT2D eigenvalue weighted by Crippen LogP contribution is 2.40. The number of aromatic nitrogens is 2. The van der Waals surface area contributed by atoms with Gasteiger partial charge in [0.1, 0.15) is 0 Å². The van der Waals surface area contributed by atoms with Gasteiger partial charge < -0.3 is 10.3 Å². The van der Waals surface area contributed by atoms with Crippen LogP contribution in [-0.4, -0.2) is 10.1 Å². The molecule has 1 unspecified atom stereocenters. The van der Waals surface area contributed by atoms with E-state index in [4.69, 9.17) is 10.3 Å². The molecule has 4 nitrogen and oxygen atoms in total. The van der Waals surface area contributed by atoms with E-state index in [1.54, 1.807) is 0 Å². The topological polar surface area (TPSA) is 64.9 Å². The molecule has 0 radical (unpaired) electrons. The minimum absolute atomic E-state index is 0.152. The van der Waals surface area contributed by atoms with Crippen LogP contribution in [-0.2, 0) is 5.41 Å². The first-order valence-electron chi connectivity index (χ1n) is 7.14. The molecular weight excluding hydrogens is 250 g/mol. The fourth-order valence-corrected chi connectivity index (χ4v) is 2.24. The Balaban J connectivity index is 1.86. The van der Waals surface area contributed by atoms with Gasteiger partial charge in [0.15, 0.2) is 5.82 Å². The molecule has 3 rings (SSSR count). The Bertz CT molecular complexity index is 608. The molecule has 4 heteroatoms. The van der Waals surface area contributed by atoms with Crippen LogP contribution in [0.5, 0.6) is 0 Å². The lowest BCUT2D eigenvalue weighted by molar-refractivity contribution is 0.317. The summed E-state index contributed by atoms with van der Waals surface area (Å²) >= 11 is 0. The zero-order chi connectivity index (χ0) is 14.3. The van der Waals surface area contributed by atoms with E-state index < -0.39 is 0 Å². The van der Waals surface area contributed by atoms with Gasteiger partial charge in [0.2, 0.25) is 5.89 Å². The van der Waals surface area contributed by atoms with E-state index >= 15 is 0 Å².